The minimum absolute atomic E-state index is 0.159. The van der Waals surface area contributed by atoms with Crippen LogP contribution in [0.3, 0.4) is 0 Å². The van der Waals surface area contributed by atoms with Gasteiger partial charge in [0.05, 0.1) is 35.5 Å². The van der Waals surface area contributed by atoms with Crippen molar-refractivity contribution in [2.75, 3.05) is 12.4 Å². The van der Waals surface area contributed by atoms with Crippen molar-refractivity contribution in [2.24, 2.45) is 5.92 Å². The lowest BCUT2D eigenvalue weighted by molar-refractivity contribution is -0.122. The lowest BCUT2D eigenvalue weighted by atomic mass is 9.89. The number of ketones is 1. The zero-order valence-corrected chi connectivity index (χ0v) is 25.0. The first kappa shape index (κ1) is 31.4. The molecule has 1 atom stereocenters. The number of hydrogen-bond acceptors (Lipinski definition) is 10. The molecule has 0 fully saturated rings. The molecule has 0 aliphatic heterocycles. The van der Waals surface area contributed by atoms with Crippen LogP contribution in [0.25, 0.3) is 0 Å². The highest BCUT2D eigenvalue weighted by Crippen LogP contribution is 2.30. The molecule has 0 unspecified atom stereocenters. The van der Waals surface area contributed by atoms with Crippen LogP contribution in [-0.2, 0) is 26.9 Å². The fraction of sp³-hybridized carbons (Fsp3) is 0.481. The quantitative estimate of drug-likeness (QED) is 0.353. The monoisotopic (exact) mass is 587 g/mol. The molecule has 220 valence electrons. The molecule has 0 radical (unpaired) electrons. The molecule has 2 N–H and O–H groups in total. The van der Waals surface area contributed by atoms with Gasteiger partial charge in [-0.25, -0.2) is 9.78 Å². The number of halogens is 1. The van der Waals surface area contributed by atoms with Crippen molar-refractivity contribution in [2.45, 2.75) is 71.9 Å². The van der Waals surface area contributed by atoms with E-state index >= 15 is 0 Å². The third kappa shape index (κ3) is 7.15. The highest BCUT2D eigenvalue weighted by molar-refractivity contribution is 6.30. The molecular formula is C27H34ClN7O6. The van der Waals surface area contributed by atoms with Gasteiger partial charge in [-0.05, 0) is 31.9 Å². The Labute approximate surface area is 242 Å². The fourth-order valence-corrected chi connectivity index (χ4v) is 4.06. The summed E-state index contributed by atoms with van der Waals surface area (Å²) in [7, 11) is 1.16. The molecule has 0 spiro atoms. The maximum absolute atomic E-state index is 13.4. The van der Waals surface area contributed by atoms with Crippen molar-refractivity contribution in [3.8, 4) is 0 Å². The Bertz CT molecular complexity index is 1490. The Morgan fingerprint density at radius 3 is 2.32 bits per heavy atom. The molecule has 3 aromatic rings. The van der Waals surface area contributed by atoms with Crippen LogP contribution in [0.15, 0.2) is 33.7 Å². The van der Waals surface area contributed by atoms with Gasteiger partial charge in [0.25, 0.3) is 11.4 Å². The molecule has 0 bridgehead atoms. The van der Waals surface area contributed by atoms with E-state index in [9.17, 15) is 19.2 Å². The van der Waals surface area contributed by atoms with Crippen molar-refractivity contribution in [1.82, 2.24) is 30.0 Å². The number of carbonyl (C=O) groups is 3. The number of pyridine rings is 1. The zero-order valence-electron chi connectivity index (χ0n) is 24.2. The van der Waals surface area contributed by atoms with Crippen molar-refractivity contribution < 1.29 is 23.5 Å². The predicted octanol–water partition coefficient (Wildman–Crippen LogP) is 3.50. The first-order valence-electron chi connectivity index (χ1n) is 12.8. The summed E-state index contributed by atoms with van der Waals surface area (Å²) in [6, 6.07) is 2.38. The second-order valence-electron chi connectivity index (χ2n) is 11.3. The first-order valence-corrected chi connectivity index (χ1v) is 13.2. The first-order chi connectivity index (χ1) is 19.1. The van der Waals surface area contributed by atoms with E-state index in [0.717, 1.165) is 11.7 Å². The highest BCUT2D eigenvalue weighted by atomic mass is 35.5. The van der Waals surface area contributed by atoms with E-state index < -0.39 is 46.8 Å². The molecule has 0 saturated carbocycles. The number of aromatic nitrogens is 5. The summed E-state index contributed by atoms with van der Waals surface area (Å²) < 4.78 is 11.5. The summed E-state index contributed by atoms with van der Waals surface area (Å²) in [5.41, 5.74) is -1.66. The molecule has 3 aromatic heterocycles. The maximum Gasteiger partial charge on any atom is 0.411 e. The van der Waals surface area contributed by atoms with E-state index in [-0.39, 0.29) is 23.4 Å². The summed E-state index contributed by atoms with van der Waals surface area (Å²) in [5.74, 6) is -1.40. The Morgan fingerprint density at radius 2 is 1.76 bits per heavy atom. The van der Waals surface area contributed by atoms with Gasteiger partial charge < -0.3 is 14.5 Å². The number of Topliss-reactive ketones (excluding diaryl/α,β-unsaturated/α-hetero) is 1. The van der Waals surface area contributed by atoms with Crippen molar-refractivity contribution in [3.63, 3.8) is 0 Å². The Morgan fingerprint density at radius 1 is 1.07 bits per heavy atom. The molecule has 14 heteroatoms. The molecule has 41 heavy (non-hydrogen) atoms. The van der Waals surface area contributed by atoms with E-state index in [1.165, 1.54) is 12.4 Å². The summed E-state index contributed by atoms with van der Waals surface area (Å²) in [6.45, 7) is 12.1. The maximum atomic E-state index is 13.4. The second-order valence-corrected chi connectivity index (χ2v) is 11.7. The van der Waals surface area contributed by atoms with Crippen molar-refractivity contribution in [1.29, 1.82) is 0 Å². The molecule has 13 nitrogen and oxygen atoms in total. The Kier molecular flexibility index (Phi) is 9.32. The van der Waals surface area contributed by atoms with Crippen LogP contribution in [-0.4, -0.2) is 55.7 Å². The van der Waals surface area contributed by atoms with Crippen LogP contribution in [0.1, 0.15) is 76.6 Å². The molecule has 0 saturated heterocycles. The third-order valence-corrected chi connectivity index (χ3v) is 6.47. The van der Waals surface area contributed by atoms with Crippen molar-refractivity contribution >= 4 is 35.1 Å². The SMILES string of the molecule is COC(=O)Nc1cnc(C(C)(C)C)n(CC(=O)N[C@@H](C(=O)c2nnc(C(C)(C)c3ccc(Cl)cn3)o2)C(C)C)c1=O. The number of methoxy groups -OCH3 is 1. The Balaban J connectivity index is 1.86. The average Bonchev–Trinajstić information content (AvgIpc) is 3.40. The summed E-state index contributed by atoms with van der Waals surface area (Å²) in [5, 5.41) is 13.5. The third-order valence-electron chi connectivity index (χ3n) is 6.25. The van der Waals surface area contributed by atoms with Crippen LogP contribution in [0.4, 0.5) is 10.5 Å². The van der Waals surface area contributed by atoms with Gasteiger partial charge in [-0.1, -0.05) is 46.2 Å². The number of rotatable bonds is 9. The van der Waals surface area contributed by atoms with Gasteiger partial charge in [-0.15, -0.1) is 10.2 Å². The number of nitrogens with one attached hydrogen (secondary N) is 2. The fourth-order valence-electron chi connectivity index (χ4n) is 3.95. The number of nitrogens with zero attached hydrogens (tertiary/aromatic N) is 5. The number of ether oxygens (including phenoxy) is 1. The molecule has 0 aromatic carbocycles. The normalized spacial score (nSPS) is 12.6. The van der Waals surface area contributed by atoms with Crippen LogP contribution in [0.5, 0.6) is 0 Å². The van der Waals surface area contributed by atoms with E-state index in [1.807, 2.05) is 34.6 Å². The van der Waals surface area contributed by atoms with Crippen LogP contribution in [0.2, 0.25) is 5.02 Å². The lowest BCUT2D eigenvalue weighted by Gasteiger charge is -2.24. The summed E-state index contributed by atoms with van der Waals surface area (Å²) in [4.78, 5) is 60.1. The van der Waals surface area contributed by atoms with Gasteiger partial charge in [-0.2, -0.15) is 0 Å². The van der Waals surface area contributed by atoms with Crippen LogP contribution >= 0.6 is 11.6 Å². The number of anilines is 1. The lowest BCUT2D eigenvalue weighted by Crippen LogP contribution is -2.47. The molecule has 3 heterocycles. The van der Waals surface area contributed by atoms with E-state index in [4.69, 9.17) is 16.0 Å². The largest absolute Gasteiger partial charge is 0.453 e. The number of carbonyl (C=O) groups excluding carboxylic acids is 3. The van der Waals surface area contributed by atoms with Gasteiger partial charge in [-0.3, -0.25) is 29.3 Å². The van der Waals surface area contributed by atoms with Gasteiger partial charge in [0.15, 0.2) is 0 Å². The second kappa shape index (κ2) is 12.2. The van der Waals surface area contributed by atoms with Gasteiger partial charge in [0, 0.05) is 11.6 Å². The average molecular weight is 588 g/mol. The van der Waals surface area contributed by atoms with Gasteiger partial charge >= 0.3 is 6.09 Å². The van der Waals surface area contributed by atoms with E-state index in [2.05, 4.69) is 35.5 Å². The summed E-state index contributed by atoms with van der Waals surface area (Å²) in [6.07, 6.45) is 1.85. The molecular weight excluding hydrogens is 554 g/mol. The highest BCUT2D eigenvalue weighted by Gasteiger charge is 2.35. The standard InChI is InChI=1S/C27H34ClN7O6/c1-14(2)19(20(37)21-33-34-24(41-21)27(6,7)17-10-9-15(28)11-29-17)32-18(36)13-35-22(38)16(31-25(39)40-8)12-30-23(35)26(3,4)5/h9-12,14,19H,13H2,1-8H3,(H,31,39)(H,32,36)/t19-/m1/s1. The summed E-state index contributed by atoms with van der Waals surface area (Å²) >= 11 is 5.95. The van der Waals surface area contributed by atoms with E-state index in [0.29, 0.717) is 16.5 Å². The van der Waals surface area contributed by atoms with Gasteiger partial charge in [0.1, 0.15) is 18.1 Å². The Hall–Kier alpha value is -4.13. The minimum Gasteiger partial charge on any atom is -0.453 e. The number of amides is 2. The molecule has 0 aliphatic rings. The molecule has 2 amide bonds. The van der Waals surface area contributed by atoms with Crippen molar-refractivity contribution in [3.05, 3.63) is 63.2 Å². The number of hydrogen-bond donors (Lipinski definition) is 2. The smallest absolute Gasteiger partial charge is 0.411 e. The van der Waals surface area contributed by atoms with E-state index in [1.54, 1.807) is 26.0 Å². The molecule has 3 rings (SSSR count). The predicted molar refractivity (Wildman–Crippen MR) is 150 cm³/mol. The zero-order chi connectivity index (χ0) is 30.7. The molecule has 0 aliphatic carbocycles. The minimum atomic E-state index is -1.04. The van der Waals surface area contributed by atoms with Crippen LogP contribution in [0, 0.1) is 5.92 Å². The van der Waals surface area contributed by atoms with Gasteiger partial charge in [0.2, 0.25) is 17.6 Å². The topological polar surface area (TPSA) is 171 Å². The van der Waals surface area contributed by atoms with Crippen LogP contribution < -0.4 is 16.2 Å².